The summed E-state index contributed by atoms with van der Waals surface area (Å²) in [6, 6.07) is 16.5. The molecule has 0 spiro atoms. The number of hydroxylamine groups is 2. The van der Waals surface area contributed by atoms with Crippen molar-refractivity contribution in [2.45, 2.75) is 30.2 Å². The molecule has 2 aliphatic rings. The predicted molar refractivity (Wildman–Crippen MR) is 109 cm³/mol. The fraction of sp³-hybridized carbons (Fsp3) is 0.429. The molecule has 2 aromatic rings. The third-order valence-electron chi connectivity index (χ3n) is 5.30. The number of benzene rings is 2. The van der Waals surface area contributed by atoms with Crippen LogP contribution in [0.3, 0.4) is 0 Å². The summed E-state index contributed by atoms with van der Waals surface area (Å²) in [6.07, 6.45) is 1.80. The van der Waals surface area contributed by atoms with Gasteiger partial charge in [-0.05, 0) is 42.7 Å². The van der Waals surface area contributed by atoms with Crippen molar-refractivity contribution in [1.29, 1.82) is 0 Å². The number of nitrogens with zero attached hydrogens (tertiary/aromatic N) is 1. The minimum absolute atomic E-state index is 0.0501. The van der Waals surface area contributed by atoms with Crippen LogP contribution in [0.1, 0.15) is 24.4 Å². The summed E-state index contributed by atoms with van der Waals surface area (Å²) in [5.41, 5.74) is 0.825. The van der Waals surface area contributed by atoms with Crippen LogP contribution >= 0.6 is 0 Å². The van der Waals surface area contributed by atoms with Crippen LogP contribution in [0.15, 0.2) is 54.6 Å². The molecule has 8 heteroatoms. The van der Waals surface area contributed by atoms with Gasteiger partial charge >= 0.3 is 0 Å². The molecule has 2 aromatic carbocycles. The lowest BCUT2D eigenvalue weighted by molar-refractivity contribution is -0.110. The van der Waals surface area contributed by atoms with Crippen molar-refractivity contribution in [2.24, 2.45) is 0 Å². The van der Waals surface area contributed by atoms with E-state index in [0.717, 1.165) is 24.2 Å². The van der Waals surface area contributed by atoms with E-state index >= 15 is 0 Å². The van der Waals surface area contributed by atoms with Crippen molar-refractivity contribution in [3.8, 4) is 11.5 Å². The van der Waals surface area contributed by atoms with Crippen LogP contribution in [0.4, 0.5) is 0 Å². The summed E-state index contributed by atoms with van der Waals surface area (Å²) >= 11 is 0. The molecule has 1 N–H and O–H groups in total. The van der Waals surface area contributed by atoms with Gasteiger partial charge in [0.05, 0.1) is 18.8 Å². The maximum absolute atomic E-state index is 13.0. The van der Waals surface area contributed by atoms with Crippen LogP contribution in [0, 0.1) is 0 Å². The minimum atomic E-state index is -3.59. The Morgan fingerprint density at radius 2 is 1.93 bits per heavy atom. The summed E-state index contributed by atoms with van der Waals surface area (Å²) < 4.78 is 40.1. The van der Waals surface area contributed by atoms with E-state index in [4.69, 9.17) is 14.3 Å². The van der Waals surface area contributed by atoms with Gasteiger partial charge in [0.1, 0.15) is 16.7 Å². The number of para-hydroxylation sites is 1. The molecule has 29 heavy (non-hydrogen) atoms. The van der Waals surface area contributed by atoms with Crippen molar-refractivity contribution in [2.75, 3.05) is 26.8 Å². The van der Waals surface area contributed by atoms with Crippen molar-refractivity contribution < 1.29 is 22.7 Å². The van der Waals surface area contributed by atoms with Crippen LogP contribution in [0.5, 0.6) is 11.5 Å². The number of nitrogens with one attached hydrogen (secondary N) is 1. The Balaban J connectivity index is 1.51. The molecule has 2 saturated heterocycles. The number of sulfonamides is 1. The van der Waals surface area contributed by atoms with Gasteiger partial charge in [0.15, 0.2) is 0 Å². The molecule has 0 amide bonds. The van der Waals surface area contributed by atoms with E-state index in [1.54, 1.807) is 12.1 Å². The van der Waals surface area contributed by atoms with Gasteiger partial charge < -0.3 is 9.47 Å². The lowest BCUT2D eigenvalue weighted by atomic mass is 10.0. The van der Waals surface area contributed by atoms with Gasteiger partial charge in [-0.25, -0.2) is 13.1 Å². The van der Waals surface area contributed by atoms with E-state index < -0.39 is 21.3 Å². The fourth-order valence-corrected chi connectivity index (χ4v) is 5.33. The van der Waals surface area contributed by atoms with Crippen molar-refractivity contribution in [3.05, 3.63) is 60.2 Å². The summed E-state index contributed by atoms with van der Waals surface area (Å²) in [6.45, 7) is 1.09. The SMILES string of the molecule is CN1OC[C@H](S(=O)(=O)NC[C@@H]2CCCO2)[C@@H]1c1cccc(Oc2ccccc2)c1. The lowest BCUT2D eigenvalue weighted by Gasteiger charge is -2.24. The largest absolute Gasteiger partial charge is 0.457 e. The van der Waals surface area contributed by atoms with Crippen LogP contribution in [0.2, 0.25) is 0 Å². The first-order valence-corrected chi connectivity index (χ1v) is 11.4. The van der Waals surface area contributed by atoms with E-state index in [9.17, 15) is 8.42 Å². The summed E-state index contributed by atoms with van der Waals surface area (Å²) in [7, 11) is -1.83. The first kappa shape index (κ1) is 20.3. The molecule has 0 aliphatic carbocycles. The quantitative estimate of drug-likeness (QED) is 0.745. The third-order valence-corrected chi connectivity index (χ3v) is 7.06. The average Bonchev–Trinajstić information content (AvgIpc) is 3.37. The van der Waals surface area contributed by atoms with Gasteiger partial charge in [-0.3, -0.25) is 4.84 Å². The molecule has 2 heterocycles. The van der Waals surface area contributed by atoms with Crippen molar-refractivity contribution in [3.63, 3.8) is 0 Å². The number of hydrogen-bond acceptors (Lipinski definition) is 6. The Kier molecular flexibility index (Phi) is 6.17. The highest BCUT2D eigenvalue weighted by atomic mass is 32.2. The van der Waals surface area contributed by atoms with Crippen LogP contribution in [0.25, 0.3) is 0 Å². The van der Waals surface area contributed by atoms with Crippen LogP contribution < -0.4 is 9.46 Å². The van der Waals surface area contributed by atoms with Gasteiger partial charge in [-0.2, -0.15) is 5.06 Å². The molecular formula is C21H26N2O5S. The molecule has 2 aliphatic heterocycles. The number of hydrogen-bond donors (Lipinski definition) is 1. The smallest absolute Gasteiger partial charge is 0.218 e. The predicted octanol–water partition coefficient (Wildman–Crippen LogP) is 2.86. The fourth-order valence-electron chi connectivity index (χ4n) is 3.79. The monoisotopic (exact) mass is 418 g/mol. The molecule has 0 bridgehead atoms. The normalized spacial score (nSPS) is 25.3. The second-order valence-electron chi connectivity index (χ2n) is 7.34. The van der Waals surface area contributed by atoms with Crippen LogP contribution in [-0.4, -0.2) is 51.6 Å². The number of ether oxygens (including phenoxy) is 2. The summed E-state index contributed by atoms with van der Waals surface area (Å²) in [5, 5.41) is 0.887. The molecule has 156 valence electrons. The summed E-state index contributed by atoms with van der Waals surface area (Å²) in [4.78, 5) is 5.59. The molecule has 4 rings (SSSR count). The first-order chi connectivity index (χ1) is 14.0. The maximum Gasteiger partial charge on any atom is 0.218 e. The molecule has 0 unspecified atom stereocenters. The molecular weight excluding hydrogens is 392 g/mol. The second kappa shape index (κ2) is 8.81. The zero-order valence-electron chi connectivity index (χ0n) is 16.4. The lowest BCUT2D eigenvalue weighted by Crippen LogP contribution is -2.42. The van der Waals surface area contributed by atoms with E-state index in [0.29, 0.717) is 18.9 Å². The van der Waals surface area contributed by atoms with E-state index in [1.165, 1.54) is 0 Å². The Morgan fingerprint density at radius 3 is 2.69 bits per heavy atom. The third kappa shape index (κ3) is 4.79. The van der Waals surface area contributed by atoms with E-state index in [2.05, 4.69) is 4.72 Å². The Hall–Kier alpha value is -1.97. The average molecular weight is 419 g/mol. The zero-order chi connectivity index (χ0) is 20.3. The Bertz CT molecular complexity index is 916. The molecule has 0 aromatic heterocycles. The molecule has 2 fully saturated rings. The number of rotatable bonds is 7. The van der Waals surface area contributed by atoms with Crippen LogP contribution in [-0.2, 0) is 19.6 Å². The van der Waals surface area contributed by atoms with E-state index in [-0.39, 0.29) is 12.7 Å². The first-order valence-electron chi connectivity index (χ1n) is 9.81. The molecule has 0 saturated carbocycles. The highest BCUT2D eigenvalue weighted by Gasteiger charge is 2.43. The van der Waals surface area contributed by atoms with Gasteiger partial charge in [0.25, 0.3) is 0 Å². The van der Waals surface area contributed by atoms with Crippen molar-refractivity contribution >= 4 is 10.0 Å². The Labute approximate surface area is 171 Å². The van der Waals surface area contributed by atoms with Gasteiger partial charge in [-0.15, -0.1) is 0 Å². The zero-order valence-corrected chi connectivity index (χ0v) is 17.2. The minimum Gasteiger partial charge on any atom is -0.457 e. The van der Waals surface area contributed by atoms with Gasteiger partial charge in [0.2, 0.25) is 10.0 Å². The highest BCUT2D eigenvalue weighted by molar-refractivity contribution is 7.90. The summed E-state index contributed by atoms with van der Waals surface area (Å²) in [5.74, 6) is 1.38. The van der Waals surface area contributed by atoms with Crippen molar-refractivity contribution in [1.82, 2.24) is 9.79 Å². The maximum atomic E-state index is 13.0. The topological polar surface area (TPSA) is 77.1 Å². The second-order valence-corrected chi connectivity index (χ2v) is 9.33. The van der Waals surface area contributed by atoms with Gasteiger partial charge in [-0.1, -0.05) is 30.3 Å². The molecule has 0 radical (unpaired) electrons. The van der Waals surface area contributed by atoms with E-state index in [1.807, 2.05) is 54.6 Å². The van der Waals surface area contributed by atoms with Gasteiger partial charge in [0, 0.05) is 20.2 Å². The highest BCUT2D eigenvalue weighted by Crippen LogP contribution is 2.35. The molecule has 7 nitrogen and oxygen atoms in total. The molecule has 3 atom stereocenters. The standard InChI is InChI=1S/C21H26N2O5S/c1-23-21(16-7-5-10-18(13-16)28-17-8-3-2-4-9-17)20(15-27-23)29(24,25)22-14-19-11-6-12-26-19/h2-5,7-10,13,19-22H,6,11-12,14-15H2,1H3/t19-,20-,21-/m0/s1. The Morgan fingerprint density at radius 1 is 1.14 bits per heavy atom.